The molecule has 0 radical (unpaired) electrons. The van der Waals surface area contributed by atoms with E-state index in [2.05, 4.69) is 26.8 Å². The third kappa shape index (κ3) is 3.85. The van der Waals surface area contributed by atoms with E-state index in [4.69, 9.17) is 4.74 Å². The first-order valence-electron chi connectivity index (χ1n) is 10.9. The van der Waals surface area contributed by atoms with Crippen LogP contribution in [0.3, 0.4) is 0 Å². The van der Waals surface area contributed by atoms with Gasteiger partial charge in [-0.1, -0.05) is 17.9 Å². The van der Waals surface area contributed by atoms with E-state index in [9.17, 15) is 19.8 Å². The van der Waals surface area contributed by atoms with Crippen molar-refractivity contribution in [3.8, 4) is 17.5 Å². The van der Waals surface area contributed by atoms with Gasteiger partial charge in [-0.3, -0.25) is 4.79 Å². The number of hydrogen-bond donors (Lipinski definition) is 2. The van der Waals surface area contributed by atoms with Crippen molar-refractivity contribution in [2.45, 2.75) is 12.0 Å². The first-order valence-corrected chi connectivity index (χ1v) is 10.9. The summed E-state index contributed by atoms with van der Waals surface area (Å²) in [4.78, 5) is 32.2. The van der Waals surface area contributed by atoms with E-state index >= 15 is 0 Å². The maximum absolute atomic E-state index is 12.2. The number of ether oxygens (including phenoxy) is 1. The topological polar surface area (TPSA) is 121 Å². The molecule has 2 fully saturated rings. The van der Waals surface area contributed by atoms with Gasteiger partial charge in [0.1, 0.15) is 0 Å². The Balaban J connectivity index is 1.53. The normalized spacial score (nSPS) is 20.5. The van der Waals surface area contributed by atoms with Gasteiger partial charge in [-0.05, 0) is 24.3 Å². The molecule has 1 aromatic carbocycles. The number of aromatic carboxylic acids is 1. The standard InChI is InChI=1S/C24H23N5O5/c1-27-8-7-24(33,23(27)32)6-5-16-3-2-4-17(13-16)29-21-19(20(26-29)22(30)31)14-18(15-25-21)28-9-11-34-12-10-28/h2-4,13-15,33H,7-12H2,1H3,(H,30,31). The number of anilines is 1. The second kappa shape index (κ2) is 8.44. The van der Waals surface area contributed by atoms with Gasteiger partial charge in [0.2, 0.25) is 5.60 Å². The summed E-state index contributed by atoms with van der Waals surface area (Å²) in [5.41, 5.74) is 0.555. The lowest BCUT2D eigenvalue weighted by molar-refractivity contribution is -0.137. The van der Waals surface area contributed by atoms with E-state index in [0.29, 0.717) is 55.1 Å². The monoisotopic (exact) mass is 461 g/mol. The molecule has 0 aliphatic carbocycles. The number of carboxylic acids is 1. The Morgan fingerprint density at radius 2 is 1.97 bits per heavy atom. The number of benzene rings is 1. The third-order valence-electron chi connectivity index (χ3n) is 6.10. The highest BCUT2D eigenvalue weighted by Crippen LogP contribution is 2.26. The van der Waals surface area contributed by atoms with Crippen molar-refractivity contribution in [2.75, 3.05) is 44.8 Å². The molecule has 2 N–H and O–H groups in total. The summed E-state index contributed by atoms with van der Waals surface area (Å²) in [7, 11) is 1.63. The van der Waals surface area contributed by atoms with Crippen molar-refractivity contribution in [1.29, 1.82) is 0 Å². The van der Waals surface area contributed by atoms with Gasteiger partial charge >= 0.3 is 5.97 Å². The summed E-state index contributed by atoms with van der Waals surface area (Å²) in [5, 5.41) is 25.0. The summed E-state index contributed by atoms with van der Waals surface area (Å²) in [5.74, 6) is 4.01. The maximum atomic E-state index is 12.2. The van der Waals surface area contributed by atoms with Gasteiger partial charge in [-0.25, -0.2) is 14.5 Å². The van der Waals surface area contributed by atoms with Crippen LogP contribution in [0.25, 0.3) is 16.7 Å². The van der Waals surface area contributed by atoms with Crippen molar-refractivity contribution in [3.63, 3.8) is 0 Å². The summed E-state index contributed by atoms with van der Waals surface area (Å²) in [6.07, 6.45) is 1.95. The molecular weight excluding hydrogens is 438 g/mol. The molecule has 0 spiro atoms. The Labute approximate surface area is 195 Å². The number of rotatable bonds is 3. The Morgan fingerprint density at radius 1 is 1.18 bits per heavy atom. The highest BCUT2D eigenvalue weighted by Gasteiger charge is 2.42. The van der Waals surface area contributed by atoms with Crippen LogP contribution in [-0.2, 0) is 9.53 Å². The minimum atomic E-state index is -1.70. The number of carboxylic acid groups (broad SMARTS) is 1. The van der Waals surface area contributed by atoms with Gasteiger partial charge in [0.05, 0.1) is 36.2 Å². The molecule has 1 amide bonds. The number of hydrogen-bond acceptors (Lipinski definition) is 7. The Hall–Kier alpha value is -3.94. The molecule has 0 bridgehead atoms. The molecule has 10 heteroatoms. The van der Waals surface area contributed by atoms with E-state index in [0.717, 1.165) is 5.69 Å². The predicted octanol–water partition coefficient (Wildman–Crippen LogP) is 0.900. The summed E-state index contributed by atoms with van der Waals surface area (Å²) in [6, 6.07) is 8.78. The van der Waals surface area contributed by atoms with Crippen LogP contribution in [0.5, 0.6) is 0 Å². The first kappa shape index (κ1) is 21.9. The van der Waals surface area contributed by atoms with Crippen LogP contribution in [0.15, 0.2) is 36.5 Å². The number of carbonyl (C=O) groups excluding carboxylic acids is 1. The van der Waals surface area contributed by atoms with Gasteiger partial charge in [-0.15, -0.1) is 0 Å². The number of carbonyl (C=O) groups is 2. The molecule has 5 rings (SSSR count). The Kier molecular flexibility index (Phi) is 5.43. The zero-order chi connectivity index (χ0) is 23.9. The smallest absolute Gasteiger partial charge is 0.357 e. The Bertz CT molecular complexity index is 1350. The number of amides is 1. The number of fused-ring (bicyclic) bond motifs is 1. The van der Waals surface area contributed by atoms with Crippen LogP contribution in [0.2, 0.25) is 0 Å². The van der Waals surface area contributed by atoms with Crippen LogP contribution >= 0.6 is 0 Å². The quantitative estimate of drug-likeness (QED) is 0.552. The number of likely N-dealkylation sites (tertiary alicyclic amines) is 1. The number of nitrogens with zero attached hydrogens (tertiary/aromatic N) is 5. The SMILES string of the molecule is CN1CCC(O)(C#Cc2cccc(-n3nc(C(=O)O)c4cc(N5CCOCC5)cnc43)c2)C1=O. The number of morpholine rings is 1. The van der Waals surface area contributed by atoms with Crippen molar-refractivity contribution < 1.29 is 24.5 Å². The van der Waals surface area contributed by atoms with Gasteiger partial charge in [0, 0.05) is 38.7 Å². The molecule has 0 saturated carbocycles. The fourth-order valence-corrected chi connectivity index (χ4v) is 4.18. The molecule has 10 nitrogen and oxygen atoms in total. The van der Waals surface area contributed by atoms with E-state index in [1.54, 1.807) is 43.6 Å². The molecule has 2 aliphatic heterocycles. The molecule has 1 unspecified atom stereocenters. The average Bonchev–Trinajstić information content (AvgIpc) is 3.37. The second-order valence-electron chi connectivity index (χ2n) is 8.37. The molecule has 2 saturated heterocycles. The van der Waals surface area contributed by atoms with Gasteiger partial charge in [-0.2, -0.15) is 5.10 Å². The van der Waals surface area contributed by atoms with Gasteiger partial charge < -0.3 is 24.7 Å². The number of aromatic nitrogens is 3. The summed E-state index contributed by atoms with van der Waals surface area (Å²) < 4.78 is 6.86. The zero-order valence-corrected chi connectivity index (χ0v) is 18.6. The van der Waals surface area contributed by atoms with Crippen LogP contribution in [0, 0.1) is 11.8 Å². The lowest BCUT2D eigenvalue weighted by Gasteiger charge is -2.28. The molecular formula is C24H23N5O5. The predicted molar refractivity (Wildman–Crippen MR) is 123 cm³/mol. The zero-order valence-electron chi connectivity index (χ0n) is 18.6. The van der Waals surface area contributed by atoms with E-state index in [1.165, 1.54) is 9.58 Å². The van der Waals surface area contributed by atoms with Gasteiger partial charge in [0.25, 0.3) is 5.91 Å². The summed E-state index contributed by atoms with van der Waals surface area (Å²) >= 11 is 0. The molecule has 3 aromatic rings. The molecule has 2 aliphatic rings. The first-order chi connectivity index (χ1) is 16.4. The average molecular weight is 461 g/mol. The van der Waals surface area contributed by atoms with Gasteiger partial charge in [0.15, 0.2) is 11.3 Å². The molecule has 174 valence electrons. The maximum Gasteiger partial charge on any atom is 0.357 e. The molecule has 1 atom stereocenters. The minimum absolute atomic E-state index is 0.0944. The lowest BCUT2D eigenvalue weighted by atomic mass is 10.0. The van der Waals surface area contributed by atoms with Crippen molar-refractivity contribution in [3.05, 3.63) is 47.8 Å². The fraction of sp³-hybridized carbons (Fsp3) is 0.333. The minimum Gasteiger partial charge on any atom is -0.476 e. The van der Waals surface area contributed by atoms with E-state index in [-0.39, 0.29) is 12.1 Å². The third-order valence-corrected chi connectivity index (χ3v) is 6.10. The largest absolute Gasteiger partial charge is 0.476 e. The molecule has 4 heterocycles. The lowest BCUT2D eigenvalue weighted by Crippen LogP contribution is -2.37. The van der Waals surface area contributed by atoms with E-state index in [1.807, 2.05) is 0 Å². The fourth-order valence-electron chi connectivity index (χ4n) is 4.18. The number of likely N-dealkylation sites (N-methyl/N-ethyl adjacent to an activating group) is 1. The van der Waals surface area contributed by atoms with Crippen molar-refractivity contribution in [2.24, 2.45) is 0 Å². The highest BCUT2D eigenvalue weighted by atomic mass is 16.5. The second-order valence-corrected chi connectivity index (χ2v) is 8.37. The van der Waals surface area contributed by atoms with Crippen molar-refractivity contribution in [1.82, 2.24) is 19.7 Å². The summed E-state index contributed by atoms with van der Waals surface area (Å²) in [6.45, 7) is 3.06. The van der Waals surface area contributed by atoms with Crippen LogP contribution in [0.1, 0.15) is 22.5 Å². The van der Waals surface area contributed by atoms with Crippen LogP contribution in [0.4, 0.5) is 5.69 Å². The van der Waals surface area contributed by atoms with E-state index < -0.39 is 17.5 Å². The van der Waals surface area contributed by atoms with Crippen LogP contribution in [-0.4, -0.2) is 87.3 Å². The van der Waals surface area contributed by atoms with Crippen LogP contribution < -0.4 is 4.90 Å². The highest BCUT2D eigenvalue weighted by molar-refractivity contribution is 6.01. The molecule has 2 aromatic heterocycles. The Morgan fingerprint density at radius 3 is 2.68 bits per heavy atom. The number of pyridine rings is 1. The number of aliphatic hydroxyl groups is 1. The molecule has 34 heavy (non-hydrogen) atoms. The van der Waals surface area contributed by atoms with Crippen molar-refractivity contribution >= 4 is 28.6 Å².